The van der Waals surface area contributed by atoms with E-state index < -0.39 is 41.6 Å². The predicted molar refractivity (Wildman–Crippen MR) is 135 cm³/mol. The maximum atomic E-state index is 14.2. The Balaban J connectivity index is 1.33. The van der Waals surface area contributed by atoms with Crippen molar-refractivity contribution in [1.29, 1.82) is 0 Å². The van der Waals surface area contributed by atoms with Crippen molar-refractivity contribution >= 4 is 11.6 Å². The van der Waals surface area contributed by atoms with Gasteiger partial charge in [0.1, 0.15) is 12.2 Å². The van der Waals surface area contributed by atoms with Crippen molar-refractivity contribution < 1.29 is 31.5 Å². The van der Waals surface area contributed by atoms with Gasteiger partial charge in [-0.05, 0) is 47.9 Å². The normalized spacial score (nSPS) is 21.0. The molecule has 4 heterocycles. The quantitative estimate of drug-likeness (QED) is 0.401. The van der Waals surface area contributed by atoms with E-state index in [0.29, 0.717) is 25.3 Å². The highest BCUT2D eigenvalue weighted by Crippen LogP contribution is 2.43. The zero-order valence-electron chi connectivity index (χ0n) is 22.0. The highest BCUT2D eigenvalue weighted by Gasteiger charge is 2.45. The number of benzene rings is 2. The molecule has 0 radical (unpaired) electrons. The van der Waals surface area contributed by atoms with Crippen molar-refractivity contribution in [2.24, 2.45) is 7.05 Å². The Morgan fingerprint density at radius 2 is 1.93 bits per heavy atom. The summed E-state index contributed by atoms with van der Waals surface area (Å²) in [5.41, 5.74) is 0.107. The maximum absolute atomic E-state index is 14.2. The van der Waals surface area contributed by atoms with Gasteiger partial charge in [-0.1, -0.05) is 12.1 Å². The van der Waals surface area contributed by atoms with E-state index in [0.717, 1.165) is 17.5 Å². The molecular formula is C28H28F5N5O2. The third-order valence-corrected chi connectivity index (χ3v) is 8.43. The van der Waals surface area contributed by atoms with Crippen molar-refractivity contribution in [3.05, 3.63) is 76.4 Å². The topological polar surface area (TPSA) is 63.5 Å². The first-order valence-corrected chi connectivity index (χ1v) is 13.1. The van der Waals surface area contributed by atoms with E-state index in [-0.39, 0.29) is 36.2 Å². The molecule has 2 saturated heterocycles. The van der Waals surface area contributed by atoms with Crippen LogP contribution in [0.3, 0.4) is 0 Å². The highest BCUT2D eigenvalue weighted by molar-refractivity contribution is 6.10. The fourth-order valence-corrected chi connectivity index (χ4v) is 5.93. The van der Waals surface area contributed by atoms with Gasteiger partial charge in [-0.2, -0.15) is 13.2 Å². The molecule has 3 aliphatic heterocycles. The van der Waals surface area contributed by atoms with Gasteiger partial charge in [0.15, 0.2) is 0 Å². The number of halogens is 5. The molecule has 2 aromatic carbocycles. The van der Waals surface area contributed by atoms with E-state index >= 15 is 0 Å². The molecule has 3 aromatic rings. The van der Waals surface area contributed by atoms with Crippen LogP contribution in [-0.2, 0) is 36.3 Å². The van der Waals surface area contributed by atoms with Crippen molar-refractivity contribution in [2.75, 3.05) is 31.2 Å². The van der Waals surface area contributed by atoms with Crippen molar-refractivity contribution in [1.82, 2.24) is 19.7 Å². The predicted octanol–water partition coefficient (Wildman–Crippen LogP) is 4.91. The van der Waals surface area contributed by atoms with Gasteiger partial charge in [-0.15, -0.1) is 10.2 Å². The summed E-state index contributed by atoms with van der Waals surface area (Å²) in [4.78, 5) is 16.4. The zero-order valence-corrected chi connectivity index (χ0v) is 22.0. The van der Waals surface area contributed by atoms with Gasteiger partial charge in [-0.25, -0.2) is 8.78 Å². The van der Waals surface area contributed by atoms with Crippen molar-refractivity contribution in [3.8, 4) is 0 Å². The Morgan fingerprint density at radius 1 is 1.15 bits per heavy atom. The number of nitrogens with zero attached hydrogens (tertiary/aromatic N) is 5. The minimum absolute atomic E-state index is 0.0474. The van der Waals surface area contributed by atoms with Gasteiger partial charge in [0, 0.05) is 49.1 Å². The molecule has 1 aromatic heterocycles. The average Bonchev–Trinajstić information content (AvgIpc) is 3.56. The molecule has 0 bridgehead atoms. The Kier molecular flexibility index (Phi) is 6.26. The number of carbonyl (C=O) groups excluding carboxylic acids is 1. The molecule has 40 heavy (non-hydrogen) atoms. The smallest absolute Gasteiger partial charge is 0.379 e. The van der Waals surface area contributed by atoms with Crippen LogP contribution in [-0.4, -0.2) is 57.8 Å². The number of anilines is 1. The molecule has 1 atom stereocenters. The fourth-order valence-electron chi connectivity index (χ4n) is 5.93. The molecule has 2 fully saturated rings. The van der Waals surface area contributed by atoms with E-state index in [2.05, 4.69) is 10.2 Å². The van der Waals surface area contributed by atoms with E-state index in [9.17, 15) is 26.7 Å². The fraction of sp³-hybridized carbons (Fsp3) is 0.464. The second-order valence-electron chi connectivity index (χ2n) is 11.1. The summed E-state index contributed by atoms with van der Waals surface area (Å²) >= 11 is 0. The number of aryl methyl sites for hydroxylation is 1. The van der Waals surface area contributed by atoms with Crippen molar-refractivity contribution in [3.63, 3.8) is 0 Å². The minimum Gasteiger partial charge on any atom is -0.379 e. The Morgan fingerprint density at radius 3 is 2.52 bits per heavy atom. The van der Waals surface area contributed by atoms with Crippen LogP contribution in [0.1, 0.15) is 57.8 Å². The number of aromatic nitrogens is 3. The molecule has 3 aliphatic rings. The molecule has 7 nitrogen and oxygen atoms in total. The minimum atomic E-state index is -4.71. The third kappa shape index (κ3) is 4.56. The second-order valence-corrected chi connectivity index (χ2v) is 11.1. The number of carbonyl (C=O) groups is 1. The molecule has 0 aliphatic carbocycles. The molecule has 0 unspecified atom stereocenters. The molecule has 1 amide bonds. The van der Waals surface area contributed by atoms with Crippen LogP contribution < -0.4 is 4.90 Å². The number of rotatable bonds is 6. The summed E-state index contributed by atoms with van der Waals surface area (Å²) in [7, 11) is 1.85. The Bertz CT molecular complexity index is 1470. The summed E-state index contributed by atoms with van der Waals surface area (Å²) in [5.74, 6) is -2.67. The number of ether oxygens (including phenoxy) is 1. The maximum Gasteiger partial charge on any atom is 0.416 e. The second kappa shape index (κ2) is 9.34. The van der Waals surface area contributed by atoms with Crippen LogP contribution in [0.2, 0.25) is 0 Å². The van der Waals surface area contributed by atoms with Crippen LogP contribution in [0.15, 0.2) is 42.7 Å². The SMILES string of the molecule is C[C@H](c1cc2c(c(C(F)(F)F)c1)CN(c1cccc(C3(Cc4nncn4C)COC3)c1)C2=O)N1CCC(F)(F)C1. The number of alkyl halides is 5. The lowest BCUT2D eigenvalue weighted by Gasteiger charge is -2.42. The van der Waals surface area contributed by atoms with E-state index in [1.807, 2.05) is 23.7 Å². The molecule has 0 N–H and O–H groups in total. The highest BCUT2D eigenvalue weighted by atomic mass is 19.4. The average molecular weight is 562 g/mol. The van der Waals surface area contributed by atoms with E-state index in [4.69, 9.17) is 4.74 Å². The lowest BCUT2D eigenvalue weighted by Crippen LogP contribution is -2.49. The summed E-state index contributed by atoms with van der Waals surface area (Å²) in [6, 6.07) is 8.97. The number of amides is 1. The zero-order chi connectivity index (χ0) is 28.4. The van der Waals surface area contributed by atoms with Crippen LogP contribution in [0, 0.1) is 0 Å². The number of likely N-dealkylation sites (tertiary alicyclic amines) is 1. The Hall–Kier alpha value is -3.38. The molecule has 212 valence electrons. The van der Waals surface area contributed by atoms with Crippen molar-refractivity contribution in [2.45, 2.75) is 49.9 Å². The van der Waals surface area contributed by atoms with Gasteiger partial charge < -0.3 is 14.2 Å². The van der Waals surface area contributed by atoms with Gasteiger partial charge in [0.25, 0.3) is 11.8 Å². The summed E-state index contributed by atoms with van der Waals surface area (Å²) in [6.07, 6.45) is -2.89. The summed E-state index contributed by atoms with van der Waals surface area (Å²) in [6.45, 7) is 1.77. The standard InChI is InChI=1S/C28H28F5N5O2/c1-17(37-7-6-27(29,30)13-37)18-8-21-22(23(9-18)28(31,32)33)12-38(25(21)39)20-5-3-4-19(10-20)26(14-40-15-26)11-24-35-34-16-36(24)2/h3-5,8-10,16-17H,6-7,11-15H2,1-2H3/t17-/m1/s1. The number of fused-ring (bicyclic) bond motifs is 1. The van der Waals surface area contributed by atoms with Crippen LogP contribution in [0.25, 0.3) is 0 Å². The number of hydrogen-bond donors (Lipinski definition) is 0. The van der Waals surface area contributed by atoms with Crippen LogP contribution in [0.4, 0.5) is 27.6 Å². The van der Waals surface area contributed by atoms with E-state index in [1.54, 1.807) is 25.4 Å². The van der Waals surface area contributed by atoms with Gasteiger partial charge in [0.05, 0.1) is 31.9 Å². The molecule has 0 saturated carbocycles. The lowest BCUT2D eigenvalue weighted by molar-refractivity contribution is -0.138. The van der Waals surface area contributed by atoms with Gasteiger partial charge in [0.2, 0.25) is 0 Å². The number of hydrogen-bond acceptors (Lipinski definition) is 5. The molecule has 0 spiro atoms. The first-order chi connectivity index (χ1) is 18.9. The largest absolute Gasteiger partial charge is 0.416 e. The molecule has 6 rings (SSSR count). The lowest BCUT2D eigenvalue weighted by atomic mass is 9.75. The van der Waals surface area contributed by atoms with Crippen LogP contribution >= 0.6 is 0 Å². The Labute approximate surface area is 227 Å². The summed E-state index contributed by atoms with van der Waals surface area (Å²) < 4.78 is 77.8. The monoisotopic (exact) mass is 561 g/mol. The molecule has 12 heteroatoms. The first kappa shape index (κ1) is 26.8. The third-order valence-electron chi connectivity index (χ3n) is 8.43. The van der Waals surface area contributed by atoms with E-state index in [1.165, 1.54) is 15.9 Å². The summed E-state index contributed by atoms with van der Waals surface area (Å²) in [5, 5.41) is 8.12. The van der Waals surface area contributed by atoms with Crippen LogP contribution in [0.5, 0.6) is 0 Å². The first-order valence-electron chi connectivity index (χ1n) is 13.1. The van der Waals surface area contributed by atoms with Gasteiger partial charge in [-0.3, -0.25) is 9.69 Å². The van der Waals surface area contributed by atoms with Gasteiger partial charge >= 0.3 is 6.18 Å². The molecular weight excluding hydrogens is 533 g/mol.